The van der Waals surface area contributed by atoms with Gasteiger partial charge in [-0.15, -0.1) is 0 Å². The molecule has 1 aliphatic rings. The molecule has 0 saturated carbocycles. The van der Waals surface area contributed by atoms with Gasteiger partial charge in [-0.1, -0.05) is 53.5 Å². The highest BCUT2D eigenvalue weighted by Crippen LogP contribution is 2.28. The van der Waals surface area contributed by atoms with Gasteiger partial charge in [0.15, 0.2) is 0 Å². The molecular weight excluding hydrogens is 391 g/mol. The number of halogens is 2. The third-order valence-electron chi connectivity index (χ3n) is 4.97. The van der Waals surface area contributed by atoms with E-state index in [2.05, 4.69) is 34.5 Å². The largest absolute Gasteiger partial charge is 0.367 e. The molecule has 0 atom stereocenters. The lowest BCUT2D eigenvalue weighted by Gasteiger charge is -2.31. The normalized spacial score (nSPS) is 13.1. The first kappa shape index (κ1) is 18.9. The average Bonchev–Trinajstić information content (AvgIpc) is 2.71. The van der Waals surface area contributed by atoms with E-state index in [1.807, 2.05) is 24.3 Å². The fraction of sp³-hybridized carbons (Fsp3) is 0.174. The molecule has 0 saturated heterocycles. The number of carbonyl (C=O) groups excluding carboxylic acids is 1. The first-order valence-corrected chi connectivity index (χ1v) is 10.0. The molecule has 28 heavy (non-hydrogen) atoms. The van der Waals surface area contributed by atoms with Crippen molar-refractivity contribution in [2.75, 3.05) is 16.8 Å². The van der Waals surface area contributed by atoms with Crippen molar-refractivity contribution in [2.45, 2.75) is 19.4 Å². The first-order valence-electron chi connectivity index (χ1n) is 9.28. The minimum atomic E-state index is -0.173. The Hall–Kier alpha value is -2.49. The van der Waals surface area contributed by atoms with Crippen molar-refractivity contribution >= 4 is 40.5 Å². The summed E-state index contributed by atoms with van der Waals surface area (Å²) in [6, 6.07) is 21.4. The highest BCUT2D eigenvalue weighted by atomic mass is 35.5. The quantitative estimate of drug-likeness (QED) is 0.555. The second kappa shape index (κ2) is 8.26. The lowest BCUT2D eigenvalue weighted by molar-refractivity contribution is 0.102. The highest BCUT2D eigenvalue weighted by molar-refractivity contribution is 6.42. The molecule has 142 valence electrons. The molecule has 4 rings (SSSR count). The first-order chi connectivity index (χ1) is 13.6. The Morgan fingerprint density at radius 2 is 1.75 bits per heavy atom. The maximum absolute atomic E-state index is 12.5. The summed E-state index contributed by atoms with van der Waals surface area (Å²) in [5.74, 6) is -0.173. The van der Waals surface area contributed by atoms with E-state index in [1.165, 1.54) is 23.2 Å². The maximum Gasteiger partial charge on any atom is 0.255 e. The molecule has 1 heterocycles. The molecule has 5 heteroatoms. The van der Waals surface area contributed by atoms with E-state index in [4.69, 9.17) is 23.2 Å². The van der Waals surface area contributed by atoms with Crippen molar-refractivity contribution in [3.63, 3.8) is 0 Å². The number of rotatable bonds is 4. The monoisotopic (exact) mass is 410 g/mol. The summed E-state index contributed by atoms with van der Waals surface area (Å²) in [7, 11) is 0. The van der Waals surface area contributed by atoms with E-state index in [0.717, 1.165) is 19.5 Å². The van der Waals surface area contributed by atoms with E-state index in [1.54, 1.807) is 18.2 Å². The molecule has 0 fully saturated rings. The molecule has 0 spiro atoms. The Morgan fingerprint density at radius 3 is 2.54 bits per heavy atom. The van der Waals surface area contributed by atoms with Gasteiger partial charge in [-0.25, -0.2) is 0 Å². The predicted molar refractivity (Wildman–Crippen MR) is 117 cm³/mol. The fourth-order valence-electron chi connectivity index (χ4n) is 3.53. The Balaban J connectivity index is 1.44. The van der Waals surface area contributed by atoms with Crippen LogP contribution in [0.4, 0.5) is 11.4 Å². The predicted octanol–water partition coefficient (Wildman–Crippen LogP) is 6.20. The Kier molecular flexibility index (Phi) is 5.56. The summed E-state index contributed by atoms with van der Waals surface area (Å²) in [6.07, 6.45) is 2.31. The summed E-state index contributed by atoms with van der Waals surface area (Å²) in [5, 5.41) is 3.72. The fourth-order valence-corrected chi connectivity index (χ4v) is 3.83. The number of hydrogen-bond donors (Lipinski definition) is 1. The molecule has 1 aliphatic heterocycles. The molecule has 3 nitrogen and oxygen atoms in total. The molecule has 3 aromatic rings. The number of anilines is 2. The van der Waals surface area contributed by atoms with Crippen molar-refractivity contribution in [2.24, 2.45) is 0 Å². The minimum Gasteiger partial charge on any atom is -0.367 e. The standard InChI is InChI=1S/C23H20Cl2N2O/c24-20-12-11-19(14-21(20)25)26-23(28)18-9-7-16(8-10-18)15-27-13-3-5-17-4-1-2-6-22(17)27/h1-2,4,6-12,14H,3,5,13,15H2,(H,26,28). The van der Waals surface area contributed by atoms with Crippen LogP contribution in [0, 0.1) is 0 Å². The Morgan fingerprint density at radius 1 is 0.964 bits per heavy atom. The average molecular weight is 411 g/mol. The molecule has 0 unspecified atom stereocenters. The van der Waals surface area contributed by atoms with Gasteiger partial charge in [0, 0.05) is 30.0 Å². The zero-order valence-electron chi connectivity index (χ0n) is 15.3. The molecule has 0 radical (unpaired) electrons. The smallest absolute Gasteiger partial charge is 0.255 e. The molecule has 0 aromatic heterocycles. The van der Waals surface area contributed by atoms with Crippen molar-refractivity contribution in [3.8, 4) is 0 Å². The lowest BCUT2D eigenvalue weighted by Crippen LogP contribution is -2.28. The van der Waals surface area contributed by atoms with Crippen LogP contribution in [0.5, 0.6) is 0 Å². The van der Waals surface area contributed by atoms with Crippen molar-refractivity contribution < 1.29 is 4.79 Å². The van der Waals surface area contributed by atoms with Gasteiger partial charge in [0.05, 0.1) is 10.0 Å². The van der Waals surface area contributed by atoms with Gasteiger partial charge in [0.25, 0.3) is 5.91 Å². The number of benzene rings is 3. The van der Waals surface area contributed by atoms with Gasteiger partial charge in [-0.2, -0.15) is 0 Å². The topological polar surface area (TPSA) is 32.3 Å². The number of hydrogen-bond acceptors (Lipinski definition) is 2. The maximum atomic E-state index is 12.5. The summed E-state index contributed by atoms with van der Waals surface area (Å²) in [4.78, 5) is 14.9. The summed E-state index contributed by atoms with van der Waals surface area (Å²) < 4.78 is 0. The van der Waals surface area contributed by atoms with Gasteiger partial charge >= 0.3 is 0 Å². The zero-order valence-corrected chi connectivity index (χ0v) is 16.8. The van der Waals surface area contributed by atoms with Crippen LogP contribution in [0.25, 0.3) is 0 Å². The second-order valence-corrected chi connectivity index (χ2v) is 7.75. The third kappa shape index (κ3) is 4.16. The molecule has 3 aromatic carbocycles. The number of amides is 1. The third-order valence-corrected chi connectivity index (χ3v) is 5.71. The number of aryl methyl sites for hydroxylation is 1. The van der Waals surface area contributed by atoms with Crippen LogP contribution in [0.3, 0.4) is 0 Å². The van der Waals surface area contributed by atoms with Crippen LogP contribution < -0.4 is 10.2 Å². The van der Waals surface area contributed by atoms with Crippen molar-refractivity contribution in [1.29, 1.82) is 0 Å². The summed E-state index contributed by atoms with van der Waals surface area (Å²) >= 11 is 11.9. The van der Waals surface area contributed by atoms with E-state index in [0.29, 0.717) is 21.3 Å². The van der Waals surface area contributed by atoms with Gasteiger partial charge in [0.1, 0.15) is 0 Å². The van der Waals surface area contributed by atoms with Crippen molar-refractivity contribution in [3.05, 3.63) is 93.5 Å². The molecule has 0 aliphatic carbocycles. The van der Waals surface area contributed by atoms with Crippen LogP contribution in [-0.4, -0.2) is 12.5 Å². The summed E-state index contributed by atoms with van der Waals surface area (Å²) in [6.45, 7) is 1.89. The minimum absolute atomic E-state index is 0.173. The molecule has 1 amide bonds. The molecule has 0 bridgehead atoms. The zero-order chi connectivity index (χ0) is 19.5. The van der Waals surface area contributed by atoms with Crippen LogP contribution in [-0.2, 0) is 13.0 Å². The van der Waals surface area contributed by atoms with Crippen LogP contribution in [0.15, 0.2) is 66.7 Å². The van der Waals surface area contributed by atoms with Crippen LogP contribution >= 0.6 is 23.2 Å². The number of para-hydroxylation sites is 1. The van der Waals surface area contributed by atoms with Crippen LogP contribution in [0.2, 0.25) is 10.0 Å². The van der Waals surface area contributed by atoms with E-state index < -0.39 is 0 Å². The van der Waals surface area contributed by atoms with Crippen molar-refractivity contribution in [1.82, 2.24) is 0 Å². The molecule has 1 N–H and O–H groups in total. The Labute approximate surface area is 174 Å². The van der Waals surface area contributed by atoms with Gasteiger partial charge < -0.3 is 10.2 Å². The van der Waals surface area contributed by atoms with Gasteiger partial charge in [-0.3, -0.25) is 4.79 Å². The van der Waals surface area contributed by atoms with E-state index >= 15 is 0 Å². The number of nitrogens with zero attached hydrogens (tertiary/aromatic N) is 1. The summed E-state index contributed by atoms with van der Waals surface area (Å²) in [5.41, 5.74) is 5.13. The Bertz CT molecular complexity index is 1000. The van der Waals surface area contributed by atoms with Gasteiger partial charge in [0.2, 0.25) is 0 Å². The second-order valence-electron chi connectivity index (χ2n) is 6.93. The van der Waals surface area contributed by atoms with E-state index in [9.17, 15) is 4.79 Å². The van der Waals surface area contributed by atoms with E-state index in [-0.39, 0.29) is 5.91 Å². The highest BCUT2D eigenvalue weighted by Gasteiger charge is 2.16. The SMILES string of the molecule is O=C(Nc1ccc(Cl)c(Cl)c1)c1ccc(CN2CCCc3ccccc32)cc1. The van der Waals surface area contributed by atoms with Gasteiger partial charge in [-0.05, 0) is 60.4 Å². The number of nitrogens with one attached hydrogen (secondary N) is 1. The number of carbonyl (C=O) groups is 1. The molecular formula is C23H20Cl2N2O. The van der Waals surface area contributed by atoms with Crippen LogP contribution in [0.1, 0.15) is 27.9 Å². The lowest BCUT2D eigenvalue weighted by atomic mass is 10.0. The number of fused-ring (bicyclic) bond motifs is 1.